The van der Waals surface area contributed by atoms with Gasteiger partial charge in [-0.25, -0.2) is 18.5 Å². The Balaban J connectivity index is 1.78. The number of hydrogen-bond donors (Lipinski definition) is 2. The number of aryl methyl sites for hydroxylation is 2. The molecule has 7 nitrogen and oxygen atoms in total. The molecule has 0 saturated carbocycles. The van der Waals surface area contributed by atoms with Gasteiger partial charge in [-0.3, -0.25) is 4.79 Å². The normalized spacial score (nSPS) is 11.3. The molecular formula is C20H21N3O4S2. The number of nitrogens with two attached hydrogens (primary N) is 1. The van der Waals surface area contributed by atoms with Gasteiger partial charge in [0, 0.05) is 16.6 Å². The van der Waals surface area contributed by atoms with Gasteiger partial charge in [-0.1, -0.05) is 6.07 Å². The number of nitrogens with zero attached hydrogens (tertiary/aromatic N) is 1. The maximum absolute atomic E-state index is 12.7. The van der Waals surface area contributed by atoms with Crippen molar-refractivity contribution < 1.29 is 17.9 Å². The number of rotatable bonds is 6. The van der Waals surface area contributed by atoms with Crippen molar-refractivity contribution in [2.75, 3.05) is 5.32 Å². The van der Waals surface area contributed by atoms with Crippen molar-refractivity contribution in [2.45, 2.75) is 32.3 Å². The number of sulfonamides is 1. The molecule has 0 fully saturated rings. The number of amides is 1. The molecule has 0 aliphatic heterocycles. The number of thiazole rings is 1. The van der Waals surface area contributed by atoms with Crippen molar-refractivity contribution in [1.82, 2.24) is 4.98 Å². The molecule has 1 amide bonds. The summed E-state index contributed by atoms with van der Waals surface area (Å²) in [6.07, 6.45) is 0. The van der Waals surface area contributed by atoms with E-state index < -0.39 is 10.0 Å². The lowest BCUT2D eigenvalue weighted by Gasteiger charge is -2.13. The molecule has 0 spiro atoms. The van der Waals surface area contributed by atoms with Crippen molar-refractivity contribution in [3.63, 3.8) is 0 Å². The molecule has 152 valence electrons. The lowest BCUT2D eigenvalue weighted by molar-refractivity contribution is 0.102. The Hall–Kier alpha value is -2.75. The van der Waals surface area contributed by atoms with E-state index in [4.69, 9.17) is 9.88 Å². The predicted molar refractivity (Wildman–Crippen MR) is 113 cm³/mol. The number of nitrogens with one attached hydrogen (secondary N) is 1. The van der Waals surface area contributed by atoms with E-state index in [0.29, 0.717) is 29.2 Å². The number of hydrogen-bond acceptors (Lipinski definition) is 6. The minimum Gasteiger partial charge on any atom is -0.487 e. The molecular weight excluding hydrogens is 410 g/mol. The van der Waals surface area contributed by atoms with Gasteiger partial charge in [0.25, 0.3) is 5.91 Å². The van der Waals surface area contributed by atoms with Crippen LogP contribution in [0, 0.1) is 20.8 Å². The van der Waals surface area contributed by atoms with Gasteiger partial charge in [0.2, 0.25) is 10.0 Å². The largest absolute Gasteiger partial charge is 0.487 e. The second-order valence-corrected chi connectivity index (χ2v) is 9.21. The number of anilines is 1. The molecule has 2 aromatic carbocycles. The summed E-state index contributed by atoms with van der Waals surface area (Å²) in [6.45, 7) is 5.79. The molecule has 3 rings (SSSR count). The molecule has 0 atom stereocenters. The lowest BCUT2D eigenvalue weighted by atomic mass is 10.1. The van der Waals surface area contributed by atoms with Gasteiger partial charge in [0.05, 0.1) is 15.6 Å². The van der Waals surface area contributed by atoms with Gasteiger partial charge >= 0.3 is 0 Å². The van der Waals surface area contributed by atoms with Crippen LogP contribution >= 0.6 is 11.3 Å². The minimum atomic E-state index is -3.88. The van der Waals surface area contributed by atoms with Crippen LogP contribution in [-0.2, 0) is 16.6 Å². The predicted octanol–water partition coefficient (Wildman–Crippen LogP) is 3.55. The van der Waals surface area contributed by atoms with Crippen molar-refractivity contribution in [3.05, 3.63) is 69.2 Å². The number of ether oxygens (including phenoxy) is 1. The number of carbonyl (C=O) groups excluding carboxylic acids is 1. The fourth-order valence-electron chi connectivity index (χ4n) is 2.67. The Morgan fingerprint density at radius 1 is 1.21 bits per heavy atom. The first kappa shape index (κ1) is 21.0. The van der Waals surface area contributed by atoms with E-state index >= 15 is 0 Å². The zero-order valence-electron chi connectivity index (χ0n) is 16.2. The van der Waals surface area contributed by atoms with Crippen LogP contribution in [0.25, 0.3) is 0 Å². The van der Waals surface area contributed by atoms with Gasteiger partial charge in [0.1, 0.15) is 12.4 Å². The second-order valence-electron chi connectivity index (χ2n) is 6.59. The molecule has 29 heavy (non-hydrogen) atoms. The smallest absolute Gasteiger partial charge is 0.255 e. The van der Waals surface area contributed by atoms with Gasteiger partial charge in [0.15, 0.2) is 0 Å². The third-order valence-corrected chi connectivity index (χ3v) is 6.08. The van der Waals surface area contributed by atoms with Gasteiger partial charge in [-0.2, -0.15) is 0 Å². The molecule has 0 unspecified atom stereocenters. The summed E-state index contributed by atoms with van der Waals surface area (Å²) in [7, 11) is -3.88. The summed E-state index contributed by atoms with van der Waals surface area (Å²) >= 11 is 1.55. The van der Waals surface area contributed by atoms with Crippen LogP contribution in [0.4, 0.5) is 5.69 Å². The summed E-state index contributed by atoms with van der Waals surface area (Å²) in [5.74, 6) is 0.156. The highest BCUT2D eigenvalue weighted by Crippen LogP contribution is 2.25. The van der Waals surface area contributed by atoms with Crippen molar-refractivity contribution in [3.8, 4) is 5.75 Å². The van der Waals surface area contributed by atoms with Crippen LogP contribution < -0.4 is 15.2 Å². The highest BCUT2D eigenvalue weighted by Gasteiger charge is 2.15. The van der Waals surface area contributed by atoms with E-state index in [1.165, 1.54) is 12.1 Å². The summed E-state index contributed by atoms with van der Waals surface area (Å²) in [6, 6.07) is 9.60. The first-order chi connectivity index (χ1) is 13.6. The van der Waals surface area contributed by atoms with Crippen LogP contribution in [-0.4, -0.2) is 19.3 Å². The lowest BCUT2D eigenvalue weighted by Crippen LogP contribution is -2.16. The number of aromatic nitrogens is 1. The molecule has 0 radical (unpaired) electrons. The standard InChI is InChI=1S/C20H21N3O4S2/c1-12-7-18(29(21,25)26)9-19(13(12)2)23-20(24)15-5-4-6-17(8-15)27-10-16-11-28-14(3)22-16/h4-9,11H,10H2,1-3H3,(H,23,24)(H2,21,25,26). The van der Waals surface area contributed by atoms with E-state index in [9.17, 15) is 13.2 Å². The van der Waals surface area contributed by atoms with Crippen LogP contribution in [0.2, 0.25) is 0 Å². The summed E-state index contributed by atoms with van der Waals surface area (Å²) in [4.78, 5) is 17.0. The van der Waals surface area contributed by atoms with Gasteiger partial charge in [-0.15, -0.1) is 11.3 Å². The maximum atomic E-state index is 12.7. The molecule has 0 aliphatic carbocycles. The quantitative estimate of drug-likeness (QED) is 0.620. The van der Waals surface area contributed by atoms with Crippen LogP contribution in [0.3, 0.4) is 0 Å². The SMILES string of the molecule is Cc1nc(COc2cccc(C(=O)Nc3cc(S(N)(=O)=O)cc(C)c3C)c2)cs1. The second kappa shape index (κ2) is 8.32. The monoisotopic (exact) mass is 431 g/mol. The molecule has 0 bridgehead atoms. The first-order valence-corrected chi connectivity index (χ1v) is 11.2. The molecule has 3 N–H and O–H groups in total. The highest BCUT2D eigenvalue weighted by atomic mass is 32.2. The Kier molecular flexibility index (Phi) is 6.02. The van der Waals surface area contributed by atoms with Crippen LogP contribution in [0.5, 0.6) is 5.75 Å². The summed E-state index contributed by atoms with van der Waals surface area (Å²) < 4.78 is 29.1. The first-order valence-electron chi connectivity index (χ1n) is 8.73. The van der Waals surface area contributed by atoms with Gasteiger partial charge < -0.3 is 10.1 Å². The fraction of sp³-hybridized carbons (Fsp3) is 0.200. The Bertz CT molecular complexity index is 1170. The van der Waals surface area contributed by atoms with E-state index in [1.807, 2.05) is 12.3 Å². The summed E-state index contributed by atoms with van der Waals surface area (Å²) in [5.41, 5.74) is 3.08. The Morgan fingerprint density at radius 2 is 1.97 bits per heavy atom. The molecule has 9 heteroatoms. The molecule has 1 aromatic heterocycles. The minimum absolute atomic E-state index is 0.0495. The zero-order chi connectivity index (χ0) is 21.2. The van der Waals surface area contributed by atoms with E-state index in [0.717, 1.165) is 16.3 Å². The average molecular weight is 432 g/mol. The molecule has 1 heterocycles. The molecule has 0 aliphatic rings. The van der Waals surface area contributed by atoms with Gasteiger partial charge in [-0.05, 0) is 62.2 Å². The van der Waals surface area contributed by atoms with Crippen molar-refractivity contribution in [2.24, 2.45) is 5.14 Å². The zero-order valence-corrected chi connectivity index (χ0v) is 17.9. The topological polar surface area (TPSA) is 111 Å². The average Bonchev–Trinajstić information content (AvgIpc) is 3.08. The van der Waals surface area contributed by atoms with Crippen LogP contribution in [0.15, 0.2) is 46.7 Å². The third-order valence-electron chi connectivity index (χ3n) is 4.37. The van der Waals surface area contributed by atoms with E-state index in [2.05, 4.69) is 10.3 Å². The molecule has 0 saturated heterocycles. The highest BCUT2D eigenvalue weighted by molar-refractivity contribution is 7.89. The van der Waals surface area contributed by atoms with E-state index in [-0.39, 0.29) is 10.8 Å². The van der Waals surface area contributed by atoms with E-state index in [1.54, 1.807) is 49.4 Å². The van der Waals surface area contributed by atoms with Crippen molar-refractivity contribution >= 4 is 33.0 Å². The summed E-state index contributed by atoms with van der Waals surface area (Å²) in [5, 5.41) is 10.9. The van der Waals surface area contributed by atoms with Crippen LogP contribution in [0.1, 0.15) is 32.2 Å². The third kappa shape index (κ3) is 5.20. The number of primary sulfonamides is 1. The fourth-order valence-corrected chi connectivity index (χ4v) is 3.89. The van der Waals surface area contributed by atoms with Crippen molar-refractivity contribution in [1.29, 1.82) is 0 Å². The molecule has 3 aromatic rings. The maximum Gasteiger partial charge on any atom is 0.255 e. The Labute approximate surface area is 173 Å². The Morgan fingerprint density at radius 3 is 2.62 bits per heavy atom. The number of carbonyl (C=O) groups is 1. The number of benzene rings is 2.